The number of nitrogens with one attached hydrogen (secondary N) is 1. The van der Waals surface area contributed by atoms with Gasteiger partial charge in [0, 0.05) is 0 Å². The summed E-state index contributed by atoms with van der Waals surface area (Å²) in [5, 5.41) is 15.1. The van der Waals surface area contributed by atoms with Crippen molar-refractivity contribution in [2.45, 2.75) is 6.54 Å². The van der Waals surface area contributed by atoms with Gasteiger partial charge in [0.15, 0.2) is 0 Å². The van der Waals surface area contributed by atoms with Crippen LogP contribution in [0.4, 0.5) is 5.69 Å². The van der Waals surface area contributed by atoms with E-state index in [4.69, 9.17) is 10.00 Å². The Morgan fingerprint density at radius 3 is 3.00 bits per heavy atom. The number of hydrogen-bond donors (Lipinski definition) is 1. The van der Waals surface area contributed by atoms with Crippen LogP contribution in [0.25, 0.3) is 0 Å². The maximum absolute atomic E-state index is 11.8. The normalized spacial score (nSPS) is 9.68. The lowest BCUT2D eigenvalue weighted by Gasteiger charge is -2.09. The van der Waals surface area contributed by atoms with Gasteiger partial charge in [-0.25, -0.2) is 9.67 Å². The van der Waals surface area contributed by atoms with Crippen LogP contribution in [-0.4, -0.2) is 27.8 Å². The molecule has 1 amide bonds. The van der Waals surface area contributed by atoms with Crippen LogP contribution in [-0.2, 0) is 11.3 Å². The zero-order chi connectivity index (χ0) is 13.7. The number of methoxy groups -OCH3 is 1. The molecule has 1 aromatic heterocycles. The van der Waals surface area contributed by atoms with E-state index in [0.29, 0.717) is 11.4 Å². The first-order chi connectivity index (χ1) is 9.22. The van der Waals surface area contributed by atoms with Gasteiger partial charge < -0.3 is 10.1 Å². The van der Waals surface area contributed by atoms with Gasteiger partial charge in [0.2, 0.25) is 5.91 Å². The summed E-state index contributed by atoms with van der Waals surface area (Å²) in [6, 6.07) is 8.88. The van der Waals surface area contributed by atoms with Gasteiger partial charge in [-0.15, -0.1) is 5.10 Å². The number of ether oxygens (including phenoxy) is 1. The molecule has 0 atom stereocenters. The largest absolute Gasteiger partial charge is 0.495 e. The van der Waals surface area contributed by atoms with Crippen LogP contribution < -0.4 is 10.1 Å². The van der Waals surface area contributed by atoms with Gasteiger partial charge >= 0.3 is 0 Å². The summed E-state index contributed by atoms with van der Waals surface area (Å²) in [5.41, 5.74) is 0.579. The maximum Gasteiger partial charge on any atom is 0.252 e. The number of carbonyl (C=O) groups excluding carboxylic acids is 1. The highest BCUT2D eigenvalue weighted by atomic mass is 16.5. The lowest BCUT2D eigenvalue weighted by atomic mass is 10.3. The van der Waals surface area contributed by atoms with Crippen molar-refractivity contribution >= 4 is 11.6 Å². The topological polar surface area (TPSA) is 92.8 Å². The summed E-state index contributed by atoms with van der Waals surface area (Å²) in [4.78, 5) is 15.5. The quantitative estimate of drug-likeness (QED) is 0.874. The number of nitrogens with zero attached hydrogens (tertiary/aromatic N) is 4. The Morgan fingerprint density at radius 2 is 2.32 bits per heavy atom. The second kappa shape index (κ2) is 5.64. The smallest absolute Gasteiger partial charge is 0.252 e. The summed E-state index contributed by atoms with van der Waals surface area (Å²) < 4.78 is 6.42. The molecule has 0 bridgehead atoms. The minimum Gasteiger partial charge on any atom is -0.495 e. The van der Waals surface area contributed by atoms with Crippen LogP contribution in [0.3, 0.4) is 0 Å². The number of nitriles is 1. The average Bonchev–Trinajstić information content (AvgIpc) is 2.87. The van der Waals surface area contributed by atoms with Crippen molar-refractivity contribution in [1.82, 2.24) is 14.8 Å². The fourth-order valence-corrected chi connectivity index (χ4v) is 1.51. The molecule has 7 heteroatoms. The minimum absolute atomic E-state index is 0.0211. The molecule has 0 radical (unpaired) electrons. The van der Waals surface area contributed by atoms with E-state index in [9.17, 15) is 4.79 Å². The second-order valence-electron chi connectivity index (χ2n) is 3.63. The molecular formula is C12H11N5O2. The van der Waals surface area contributed by atoms with Crippen molar-refractivity contribution < 1.29 is 9.53 Å². The zero-order valence-corrected chi connectivity index (χ0v) is 10.2. The number of para-hydroxylation sites is 2. The number of aromatic nitrogens is 3. The third-order valence-corrected chi connectivity index (χ3v) is 2.32. The van der Waals surface area contributed by atoms with Crippen LogP contribution in [0.15, 0.2) is 30.6 Å². The molecule has 7 nitrogen and oxygen atoms in total. The molecule has 0 unspecified atom stereocenters. The Hall–Kier alpha value is -2.88. The van der Waals surface area contributed by atoms with Gasteiger partial charge in [0.25, 0.3) is 5.82 Å². The number of hydrogen-bond acceptors (Lipinski definition) is 5. The maximum atomic E-state index is 11.8. The first-order valence-electron chi connectivity index (χ1n) is 5.45. The van der Waals surface area contributed by atoms with Gasteiger partial charge in [-0.05, 0) is 12.1 Å². The van der Waals surface area contributed by atoms with Crippen LogP contribution in [0.5, 0.6) is 5.75 Å². The van der Waals surface area contributed by atoms with Crippen LogP contribution >= 0.6 is 0 Å². The van der Waals surface area contributed by atoms with Crippen LogP contribution in [0.2, 0.25) is 0 Å². The van der Waals surface area contributed by atoms with E-state index in [1.165, 1.54) is 18.1 Å². The molecule has 0 aliphatic heterocycles. The molecule has 1 N–H and O–H groups in total. The summed E-state index contributed by atoms with van der Waals surface area (Å²) >= 11 is 0. The molecule has 96 valence electrons. The van der Waals surface area contributed by atoms with Crippen molar-refractivity contribution in [3.63, 3.8) is 0 Å². The highest BCUT2D eigenvalue weighted by molar-refractivity contribution is 5.92. The molecule has 0 aliphatic rings. The monoisotopic (exact) mass is 257 g/mol. The molecule has 2 aromatic rings. The van der Waals surface area contributed by atoms with Crippen molar-refractivity contribution in [2.75, 3.05) is 12.4 Å². The predicted molar refractivity (Wildman–Crippen MR) is 66.4 cm³/mol. The highest BCUT2D eigenvalue weighted by Crippen LogP contribution is 2.22. The molecular weight excluding hydrogens is 246 g/mol. The molecule has 0 aliphatic carbocycles. The molecule has 0 fully saturated rings. The first kappa shape index (κ1) is 12.6. The van der Waals surface area contributed by atoms with E-state index in [1.54, 1.807) is 24.3 Å². The van der Waals surface area contributed by atoms with Crippen LogP contribution in [0.1, 0.15) is 5.82 Å². The van der Waals surface area contributed by atoms with E-state index in [1.807, 2.05) is 6.07 Å². The van der Waals surface area contributed by atoms with Crippen molar-refractivity contribution in [3.05, 3.63) is 36.4 Å². The van der Waals surface area contributed by atoms with Crippen molar-refractivity contribution in [1.29, 1.82) is 5.26 Å². The average molecular weight is 257 g/mol. The lowest BCUT2D eigenvalue weighted by molar-refractivity contribution is -0.116. The Labute approximate surface area is 109 Å². The van der Waals surface area contributed by atoms with E-state index in [2.05, 4.69) is 15.4 Å². The van der Waals surface area contributed by atoms with E-state index < -0.39 is 0 Å². The van der Waals surface area contributed by atoms with Gasteiger partial charge in [-0.2, -0.15) is 5.26 Å². The molecule has 1 aromatic carbocycles. The summed E-state index contributed by atoms with van der Waals surface area (Å²) in [6.07, 6.45) is 1.33. The zero-order valence-electron chi connectivity index (χ0n) is 10.2. The number of carbonyl (C=O) groups is 1. The Morgan fingerprint density at radius 1 is 1.53 bits per heavy atom. The minimum atomic E-state index is -0.279. The molecule has 0 spiro atoms. The number of anilines is 1. The third kappa shape index (κ3) is 3.07. The second-order valence-corrected chi connectivity index (χ2v) is 3.63. The summed E-state index contributed by atoms with van der Waals surface area (Å²) in [6.45, 7) is -0.0211. The fourth-order valence-electron chi connectivity index (χ4n) is 1.51. The van der Waals surface area contributed by atoms with Crippen molar-refractivity contribution in [2.24, 2.45) is 0 Å². The van der Waals surface area contributed by atoms with Gasteiger partial charge in [0.05, 0.1) is 12.8 Å². The number of benzene rings is 1. The predicted octanol–water partition coefficient (Wildman–Crippen LogP) is 0.797. The molecule has 19 heavy (non-hydrogen) atoms. The molecule has 0 saturated carbocycles. The van der Waals surface area contributed by atoms with E-state index in [0.717, 1.165) is 0 Å². The van der Waals surface area contributed by atoms with Crippen LogP contribution in [0, 0.1) is 11.3 Å². The Bertz CT molecular complexity index is 629. The Kier molecular flexibility index (Phi) is 3.73. The number of rotatable bonds is 4. The summed E-state index contributed by atoms with van der Waals surface area (Å²) in [7, 11) is 1.53. The van der Waals surface area contributed by atoms with Gasteiger partial charge in [-0.3, -0.25) is 4.79 Å². The van der Waals surface area contributed by atoms with Crippen molar-refractivity contribution in [3.8, 4) is 11.8 Å². The summed E-state index contributed by atoms with van der Waals surface area (Å²) in [5.74, 6) is 0.330. The standard InChI is InChI=1S/C12H11N5O2/c1-19-10-5-3-2-4-9(10)15-12(18)7-17-8-14-11(6-13)16-17/h2-5,8H,7H2,1H3,(H,15,18). The fraction of sp³-hybridized carbons (Fsp3) is 0.167. The van der Waals surface area contributed by atoms with E-state index in [-0.39, 0.29) is 18.3 Å². The number of amides is 1. The third-order valence-electron chi connectivity index (χ3n) is 2.32. The van der Waals surface area contributed by atoms with Gasteiger partial charge in [-0.1, -0.05) is 12.1 Å². The SMILES string of the molecule is COc1ccccc1NC(=O)Cn1cnc(C#N)n1. The van der Waals surface area contributed by atoms with E-state index >= 15 is 0 Å². The highest BCUT2D eigenvalue weighted by Gasteiger charge is 2.08. The first-order valence-corrected chi connectivity index (χ1v) is 5.45. The molecule has 1 heterocycles. The molecule has 0 saturated heterocycles. The van der Waals surface area contributed by atoms with Gasteiger partial charge in [0.1, 0.15) is 24.7 Å². The molecule has 2 rings (SSSR count). The Balaban J connectivity index is 2.03. The lowest BCUT2D eigenvalue weighted by Crippen LogP contribution is -2.19.